The van der Waals surface area contributed by atoms with Crippen LogP contribution >= 0.6 is 0 Å². The van der Waals surface area contributed by atoms with E-state index in [1.807, 2.05) is 30.3 Å². The number of benzene rings is 2. The van der Waals surface area contributed by atoms with Gasteiger partial charge in [0.25, 0.3) is 0 Å². The molecule has 1 fully saturated rings. The van der Waals surface area contributed by atoms with Gasteiger partial charge in [-0.15, -0.1) is 0 Å². The molecule has 1 amide bonds. The minimum absolute atomic E-state index is 0.0449. The SMILES string of the molecule is CCN(COCCc1ccccc1)C(=O)OCc1ccc(O[C@@H]2O[C@H](C(=O)OC)[C@@H](CC(=O)O)[C@H](CC(=O)O)[C@H]2CC(=O)O)c([N+](=O)[O-])c1. The van der Waals surface area contributed by atoms with Gasteiger partial charge in [-0.25, -0.2) is 9.59 Å². The van der Waals surface area contributed by atoms with Crippen LogP contribution in [-0.4, -0.2) is 94.5 Å². The summed E-state index contributed by atoms with van der Waals surface area (Å²) in [5, 5.41) is 40.7. The Morgan fingerprint density at radius 1 is 0.898 bits per heavy atom. The summed E-state index contributed by atoms with van der Waals surface area (Å²) < 4.78 is 27.1. The molecule has 3 N–H and O–H groups in total. The molecule has 49 heavy (non-hydrogen) atoms. The summed E-state index contributed by atoms with van der Waals surface area (Å²) in [5.41, 5.74) is 0.623. The van der Waals surface area contributed by atoms with E-state index in [9.17, 15) is 49.4 Å². The monoisotopic (exact) mass is 690 g/mol. The van der Waals surface area contributed by atoms with Crippen LogP contribution in [0.4, 0.5) is 10.5 Å². The topological polar surface area (TPSA) is 239 Å². The highest BCUT2D eigenvalue weighted by Crippen LogP contribution is 2.43. The summed E-state index contributed by atoms with van der Waals surface area (Å²) >= 11 is 0. The lowest BCUT2D eigenvalue weighted by Gasteiger charge is -2.44. The third-order valence-corrected chi connectivity index (χ3v) is 7.87. The largest absolute Gasteiger partial charge is 0.481 e. The molecule has 1 aliphatic heterocycles. The summed E-state index contributed by atoms with van der Waals surface area (Å²) in [6.45, 7) is 1.93. The number of nitro groups is 1. The van der Waals surface area contributed by atoms with E-state index in [4.69, 9.17) is 23.7 Å². The molecule has 17 nitrogen and oxygen atoms in total. The Morgan fingerprint density at radius 2 is 1.53 bits per heavy atom. The van der Waals surface area contributed by atoms with Gasteiger partial charge in [0.15, 0.2) is 11.9 Å². The molecule has 0 unspecified atom stereocenters. The average molecular weight is 691 g/mol. The van der Waals surface area contributed by atoms with Gasteiger partial charge < -0.3 is 39.0 Å². The van der Waals surface area contributed by atoms with E-state index in [0.29, 0.717) is 13.0 Å². The van der Waals surface area contributed by atoms with Gasteiger partial charge in [-0.05, 0) is 36.5 Å². The van der Waals surface area contributed by atoms with E-state index in [0.717, 1.165) is 24.8 Å². The first-order chi connectivity index (χ1) is 23.3. The first-order valence-electron chi connectivity index (χ1n) is 15.2. The van der Waals surface area contributed by atoms with Crippen LogP contribution in [0.2, 0.25) is 0 Å². The number of ether oxygens (including phenoxy) is 5. The molecule has 0 aliphatic carbocycles. The Labute approximate surface area is 280 Å². The first-order valence-corrected chi connectivity index (χ1v) is 15.2. The fourth-order valence-corrected chi connectivity index (χ4v) is 5.50. The average Bonchev–Trinajstić information content (AvgIpc) is 3.06. The van der Waals surface area contributed by atoms with Crippen molar-refractivity contribution in [3.05, 3.63) is 69.8 Å². The molecule has 1 saturated heterocycles. The number of carbonyl (C=O) groups is 5. The minimum atomic E-state index is -1.74. The summed E-state index contributed by atoms with van der Waals surface area (Å²) in [6, 6.07) is 13.2. The van der Waals surface area contributed by atoms with Crippen LogP contribution in [0.5, 0.6) is 5.75 Å². The highest BCUT2D eigenvalue weighted by atomic mass is 16.7. The number of carboxylic acid groups (broad SMARTS) is 3. The van der Waals surface area contributed by atoms with Gasteiger partial charge in [-0.3, -0.25) is 29.4 Å². The number of aliphatic carboxylic acids is 3. The van der Waals surface area contributed by atoms with Gasteiger partial charge >= 0.3 is 35.7 Å². The lowest BCUT2D eigenvalue weighted by Crippen LogP contribution is -2.54. The van der Waals surface area contributed by atoms with E-state index in [-0.39, 0.29) is 25.4 Å². The van der Waals surface area contributed by atoms with E-state index in [1.165, 1.54) is 11.0 Å². The smallest absolute Gasteiger partial charge is 0.411 e. The number of nitro benzene ring substituents is 1. The number of carboxylic acids is 3. The third kappa shape index (κ3) is 11.1. The number of rotatable bonds is 18. The Morgan fingerprint density at radius 3 is 2.12 bits per heavy atom. The van der Waals surface area contributed by atoms with Crippen LogP contribution in [0.25, 0.3) is 0 Å². The maximum atomic E-state index is 12.7. The molecule has 0 radical (unpaired) electrons. The van der Waals surface area contributed by atoms with Crippen molar-refractivity contribution in [2.45, 2.75) is 51.6 Å². The van der Waals surface area contributed by atoms with Gasteiger partial charge in [0.1, 0.15) is 13.3 Å². The van der Waals surface area contributed by atoms with Crippen molar-refractivity contribution in [2.24, 2.45) is 17.8 Å². The minimum Gasteiger partial charge on any atom is -0.481 e. The van der Waals surface area contributed by atoms with E-state index >= 15 is 0 Å². The van der Waals surface area contributed by atoms with Crippen molar-refractivity contribution >= 4 is 35.7 Å². The second kappa shape index (κ2) is 18.3. The van der Waals surface area contributed by atoms with Gasteiger partial charge in [0.2, 0.25) is 6.29 Å². The molecule has 266 valence electrons. The molecule has 2 aromatic rings. The zero-order valence-corrected chi connectivity index (χ0v) is 26.8. The Bertz CT molecular complexity index is 1480. The Hall–Kier alpha value is -5.29. The number of carbonyl (C=O) groups excluding carboxylic acids is 2. The van der Waals surface area contributed by atoms with Crippen molar-refractivity contribution < 1.29 is 67.9 Å². The van der Waals surface area contributed by atoms with Gasteiger partial charge in [-0.1, -0.05) is 36.4 Å². The van der Waals surface area contributed by atoms with Gasteiger partial charge in [0.05, 0.1) is 31.5 Å². The predicted octanol–water partition coefficient (Wildman–Crippen LogP) is 3.32. The standard InChI is InChI=1S/C32H38N2O15/c1-3-33(18-46-12-11-19-7-5-4-6-8-19)32(42)47-17-20-9-10-25(24(13-20)34(43)44)48-31-23(16-28(39)40)21(14-26(35)36)22(15-27(37)38)29(49-31)30(41)45-2/h4-10,13,21-23,29,31H,3,11-12,14-18H2,1-2H3,(H,35,36)(H,37,38)(H,39,40)/t21-,22-,23+,29-,31+/m0/s1. The molecule has 0 saturated carbocycles. The summed E-state index contributed by atoms with van der Waals surface area (Å²) in [7, 11) is 0.990. The quantitative estimate of drug-likeness (QED) is 0.0668. The van der Waals surface area contributed by atoms with Crippen LogP contribution in [-0.2, 0) is 51.2 Å². The number of amides is 1. The predicted molar refractivity (Wildman–Crippen MR) is 165 cm³/mol. The van der Waals surface area contributed by atoms with Crippen LogP contribution in [0, 0.1) is 27.9 Å². The number of hydrogen-bond donors (Lipinski definition) is 3. The van der Waals surface area contributed by atoms with Crippen molar-refractivity contribution in [1.29, 1.82) is 0 Å². The van der Waals surface area contributed by atoms with Crippen molar-refractivity contribution in [1.82, 2.24) is 4.90 Å². The third-order valence-electron chi connectivity index (χ3n) is 7.87. The normalized spacial score (nSPS) is 20.1. The van der Waals surface area contributed by atoms with Crippen molar-refractivity contribution in [3.63, 3.8) is 0 Å². The highest BCUT2D eigenvalue weighted by Gasteiger charge is 2.52. The van der Waals surface area contributed by atoms with Crippen molar-refractivity contribution in [2.75, 3.05) is 27.0 Å². The highest BCUT2D eigenvalue weighted by molar-refractivity contribution is 5.77. The molecule has 3 rings (SSSR count). The van der Waals surface area contributed by atoms with Gasteiger partial charge in [0, 0.05) is 30.9 Å². The van der Waals surface area contributed by atoms with E-state index in [1.54, 1.807) is 6.92 Å². The fraction of sp³-hybridized carbons (Fsp3) is 0.469. The maximum Gasteiger partial charge on any atom is 0.411 e. The molecule has 2 aromatic carbocycles. The van der Waals surface area contributed by atoms with Crippen LogP contribution in [0.1, 0.15) is 37.3 Å². The first kappa shape index (κ1) is 38.2. The van der Waals surface area contributed by atoms with Gasteiger partial charge in [-0.2, -0.15) is 0 Å². The number of esters is 1. The summed E-state index contributed by atoms with van der Waals surface area (Å²) in [6.07, 6.45) is -5.82. The summed E-state index contributed by atoms with van der Waals surface area (Å²) in [4.78, 5) is 73.1. The Kier molecular flexibility index (Phi) is 14.3. The fourth-order valence-electron chi connectivity index (χ4n) is 5.50. The van der Waals surface area contributed by atoms with Crippen LogP contribution in [0.15, 0.2) is 48.5 Å². The second-order valence-corrected chi connectivity index (χ2v) is 11.1. The number of methoxy groups -OCH3 is 1. The molecule has 0 spiro atoms. The zero-order chi connectivity index (χ0) is 36.1. The maximum absolute atomic E-state index is 12.7. The van der Waals surface area contributed by atoms with Crippen LogP contribution in [0.3, 0.4) is 0 Å². The molecule has 0 aromatic heterocycles. The second-order valence-electron chi connectivity index (χ2n) is 11.1. The molecule has 5 atom stereocenters. The van der Waals surface area contributed by atoms with Crippen molar-refractivity contribution in [3.8, 4) is 5.75 Å². The summed E-state index contributed by atoms with van der Waals surface area (Å²) in [5.74, 6) is -9.70. The van der Waals surface area contributed by atoms with E-state index in [2.05, 4.69) is 0 Å². The zero-order valence-electron chi connectivity index (χ0n) is 26.8. The molecular formula is C32H38N2O15. The Balaban J connectivity index is 1.78. The number of hydrogen-bond acceptors (Lipinski definition) is 12. The lowest BCUT2D eigenvalue weighted by molar-refractivity contribution is -0.386. The molecular weight excluding hydrogens is 652 g/mol. The molecule has 1 aliphatic rings. The molecule has 0 bridgehead atoms. The number of nitrogens with zero attached hydrogens (tertiary/aromatic N) is 2. The van der Waals surface area contributed by atoms with E-state index < -0.39 is 95.7 Å². The van der Waals surface area contributed by atoms with Crippen LogP contribution < -0.4 is 4.74 Å². The molecule has 1 heterocycles. The lowest BCUT2D eigenvalue weighted by atomic mass is 9.71. The molecule has 17 heteroatoms.